The van der Waals surface area contributed by atoms with E-state index in [1.807, 2.05) is 0 Å². The first-order valence-electron chi connectivity index (χ1n) is 4.13. The van der Waals surface area contributed by atoms with Gasteiger partial charge in [0.05, 0.1) is 0 Å². The summed E-state index contributed by atoms with van der Waals surface area (Å²) in [7, 11) is 0. The highest BCUT2D eigenvalue weighted by Crippen LogP contribution is 1.90. The van der Waals surface area contributed by atoms with Crippen molar-refractivity contribution in [1.29, 1.82) is 0 Å². The molecule has 11 heavy (non-hydrogen) atoms. The Balaban J connectivity index is 3.48. The molecule has 66 valence electrons. The summed E-state index contributed by atoms with van der Waals surface area (Å²) >= 11 is 0. The number of hydrogen-bond donors (Lipinski definition) is 2. The highest BCUT2D eigenvalue weighted by Gasteiger charge is 2.05. The molecule has 0 radical (unpaired) electrons. The van der Waals surface area contributed by atoms with Gasteiger partial charge in [-0.2, -0.15) is 0 Å². The number of amides is 1. The summed E-state index contributed by atoms with van der Waals surface area (Å²) in [5, 5.41) is 6.00. The molecule has 0 aromatic rings. The maximum absolute atomic E-state index is 9.97. The molecule has 0 rings (SSSR count). The third-order valence-corrected chi connectivity index (χ3v) is 1.51. The van der Waals surface area contributed by atoms with Gasteiger partial charge in [0.15, 0.2) is 0 Å². The lowest BCUT2D eigenvalue weighted by Crippen LogP contribution is -2.41. The standard InChI is InChI=1S/C8H18N2O/c1-4-8(5-9-6-11)10-7(2)3/h6-8,10H,4-5H2,1-3H3,(H,9,11). The van der Waals surface area contributed by atoms with Gasteiger partial charge in [0.2, 0.25) is 6.41 Å². The van der Waals surface area contributed by atoms with Gasteiger partial charge in [-0.05, 0) is 6.42 Å². The van der Waals surface area contributed by atoms with Gasteiger partial charge in [0.25, 0.3) is 0 Å². The Hall–Kier alpha value is -0.570. The van der Waals surface area contributed by atoms with E-state index in [-0.39, 0.29) is 0 Å². The van der Waals surface area contributed by atoms with Crippen LogP contribution in [0.1, 0.15) is 27.2 Å². The summed E-state index contributed by atoms with van der Waals surface area (Å²) in [6, 6.07) is 0.883. The van der Waals surface area contributed by atoms with Gasteiger partial charge in [0, 0.05) is 18.6 Å². The molecule has 0 aliphatic rings. The van der Waals surface area contributed by atoms with Gasteiger partial charge in [-0.1, -0.05) is 20.8 Å². The summed E-state index contributed by atoms with van der Waals surface area (Å²) in [5.41, 5.74) is 0. The van der Waals surface area contributed by atoms with Crippen LogP contribution in [0.5, 0.6) is 0 Å². The van der Waals surface area contributed by atoms with Crippen molar-refractivity contribution in [2.24, 2.45) is 0 Å². The van der Waals surface area contributed by atoms with Crippen molar-refractivity contribution in [3.05, 3.63) is 0 Å². The van der Waals surface area contributed by atoms with Gasteiger partial charge in [-0.25, -0.2) is 0 Å². The molecule has 2 N–H and O–H groups in total. The maximum Gasteiger partial charge on any atom is 0.207 e. The first-order valence-corrected chi connectivity index (χ1v) is 4.13. The third-order valence-electron chi connectivity index (χ3n) is 1.51. The van der Waals surface area contributed by atoms with E-state index in [2.05, 4.69) is 31.4 Å². The summed E-state index contributed by atoms with van der Waals surface area (Å²) in [5.74, 6) is 0. The van der Waals surface area contributed by atoms with Crippen molar-refractivity contribution in [2.75, 3.05) is 6.54 Å². The summed E-state index contributed by atoms with van der Waals surface area (Å²) in [4.78, 5) is 9.97. The second-order valence-electron chi connectivity index (χ2n) is 2.95. The van der Waals surface area contributed by atoms with Crippen molar-refractivity contribution in [1.82, 2.24) is 10.6 Å². The second kappa shape index (κ2) is 6.16. The molecule has 0 heterocycles. The Labute approximate surface area is 68.6 Å². The van der Waals surface area contributed by atoms with E-state index in [0.717, 1.165) is 19.4 Å². The van der Waals surface area contributed by atoms with E-state index in [9.17, 15) is 4.79 Å². The largest absolute Gasteiger partial charge is 0.357 e. The topological polar surface area (TPSA) is 41.1 Å². The smallest absolute Gasteiger partial charge is 0.207 e. The number of hydrogen-bond acceptors (Lipinski definition) is 2. The molecule has 1 atom stereocenters. The number of carbonyl (C=O) groups is 1. The molecule has 1 amide bonds. The van der Waals surface area contributed by atoms with Crippen LogP contribution in [-0.4, -0.2) is 25.0 Å². The number of nitrogens with one attached hydrogen (secondary N) is 2. The molecule has 0 spiro atoms. The predicted molar refractivity (Wildman–Crippen MR) is 46.4 cm³/mol. The fraction of sp³-hybridized carbons (Fsp3) is 0.875. The minimum atomic E-state index is 0.403. The minimum absolute atomic E-state index is 0.403. The van der Waals surface area contributed by atoms with E-state index in [0.29, 0.717) is 12.1 Å². The fourth-order valence-corrected chi connectivity index (χ4v) is 0.983. The van der Waals surface area contributed by atoms with E-state index >= 15 is 0 Å². The normalized spacial score (nSPS) is 13.1. The van der Waals surface area contributed by atoms with Crippen LogP contribution in [0.15, 0.2) is 0 Å². The van der Waals surface area contributed by atoms with Crippen LogP contribution in [0.4, 0.5) is 0 Å². The zero-order valence-electron chi connectivity index (χ0n) is 7.55. The van der Waals surface area contributed by atoms with Crippen molar-refractivity contribution in [2.45, 2.75) is 39.3 Å². The Morgan fingerprint density at radius 3 is 2.45 bits per heavy atom. The molecule has 0 saturated heterocycles. The van der Waals surface area contributed by atoms with Crippen molar-refractivity contribution >= 4 is 6.41 Å². The number of carbonyl (C=O) groups excluding carboxylic acids is 1. The molecule has 3 heteroatoms. The van der Waals surface area contributed by atoms with Crippen LogP contribution in [0.2, 0.25) is 0 Å². The molecule has 0 saturated carbocycles. The van der Waals surface area contributed by atoms with Gasteiger partial charge in [-0.15, -0.1) is 0 Å². The van der Waals surface area contributed by atoms with E-state index in [4.69, 9.17) is 0 Å². The first kappa shape index (κ1) is 10.4. The van der Waals surface area contributed by atoms with Crippen LogP contribution >= 0.6 is 0 Å². The summed E-state index contributed by atoms with van der Waals surface area (Å²) in [6.45, 7) is 7.03. The molecular weight excluding hydrogens is 140 g/mol. The molecule has 0 bridgehead atoms. The summed E-state index contributed by atoms with van der Waals surface area (Å²) < 4.78 is 0. The van der Waals surface area contributed by atoms with Crippen LogP contribution in [-0.2, 0) is 4.79 Å². The Bertz CT molecular complexity index is 104. The molecule has 3 nitrogen and oxygen atoms in total. The van der Waals surface area contributed by atoms with Crippen molar-refractivity contribution in [3.8, 4) is 0 Å². The van der Waals surface area contributed by atoms with E-state index in [1.165, 1.54) is 0 Å². The Morgan fingerprint density at radius 2 is 2.09 bits per heavy atom. The molecule has 0 aromatic carbocycles. The SMILES string of the molecule is CCC(CNC=O)NC(C)C. The highest BCUT2D eigenvalue weighted by molar-refractivity contribution is 5.45. The van der Waals surface area contributed by atoms with Gasteiger partial charge in [0.1, 0.15) is 0 Å². The van der Waals surface area contributed by atoms with Gasteiger partial charge in [-0.3, -0.25) is 4.79 Å². The monoisotopic (exact) mass is 158 g/mol. The van der Waals surface area contributed by atoms with Crippen molar-refractivity contribution in [3.63, 3.8) is 0 Å². The second-order valence-corrected chi connectivity index (χ2v) is 2.95. The number of rotatable bonds is 6. The van der Waals surface area contributed by atoms with Crippen LogP contribution in [0.3, 0.4) is 0 Å². The van der Waals surface area contributed by atoms with Gasteiger partial charge >= 0.3 is 0 Å². The maximum atomic E-state index is 9.97. The molecule has 0 aromatic heterocycles. The molecule has 0 aliphatic carbocycles. The Kier molecular flexibility index (Phi) is 5.84. The predicted octanol–water partition coefficient (Wildman–Crippen LogP) is 0.509. The van der Waals surface area contributed by atoms with Crippen LogP contribution in [0.25, 0.3) is 0 Å². The third kappa shape index (κ3) is 5.85. The average molecular weight is 158 g/mol. The fourth-order valence-electron chi connectivity index (χ4n) is 0.983. The molecular formula is C8H18N2O. The van der Waals surface area contributed by atoms with Gasteiger partial charge < -0.3 is 10.6 Å². The average Bonchev–Trinajstić information content (AvgIpc) is 1.97. The quantitative estimate of drug-likeness (QED) is 0.553. The zero-order chi connectivity index (χ0) is 8.69. The van der Waals surface area contributed by atoms with E-state index in [1.54, 1.807) is 0 Å². The van der Waals surface area contributed by atoms with Crippen LogP contribution < -0.4 is 10.6 Å². The lowest BCUT2D eigenvalue weighted by atomic mass is 10.2. The molecule has 0 fully saturated rings. The minimum Gasteiger partial charge on any atom is -0.357 e. The summed E-state index contributed by atoms with van der Waals surface area (Å²) in [6.07, 6.45) is 1.78. The zero-order valence-corrected chi connectivity index (χ0v) is 7.55. The lowest BCUT2D eigenvalue weighted by molar-refractivity contribution is -0.109. The highest BCUT2D eigenvalue weighted by atomic mass is 16.1. The van der Waals surface area contributed by atoms with E-state index < -0.39 is 0 Å². The molecule has 1 unspecified atom stereocenters. The van der Waals surface area contributed by atoms with Crippen molar-refractivity contribution < 1.29 is 4.79 Å². The Morgan fingerprint density at radius 1 is 1.45 bits per heavy atom. The lowest BCUT2D eigenvalue weighted by Gasteiger charge is -2.18. The molecule has 0 aliphatic heterocycles. The van der Waals surface area contributed by atoms with Crippen LogP contribution in [0, 0.1) is 0 Å². The first-order chi connectivity index (χ1) is 5.20.